The zero-order valence-corrected chi connectivity index (χ0v) is 22.9. The van der Waals surface area contributed by atoms with Crippen molar-refractivity contribution in [2.24, 2.45) is 0 Å². The van der Waals surface area contributed by atoms with E-state index in [9.17, 15) is 5.26 Å². The van der Waals surface area contributed by atoms with Crippen LogP contribution in [0.1, 0.15) is 5.56 Å². The van der Waals surface area contributed by atoms with Gasteiger partial charge in [-0.15, -0.1) is 0 Å². The number of hydrogen-bond donors (Lipinski definition) is 0. The predicted molar refractivity (Wildman–Crippen MR) is 172 cm³/mol. The van der Waals surface area contributed by atoms with Crippen LogP contribution in [-0.2, 0) is 0 Å². The summed E-state index contributed by atoms with van der Waals surface area (Å²) in [5.41, 5.74) is 9.89. The van der Waals surface area contributed by atoms with E-state index >= 15 is 0 Å². The largest absolute Gasteiger partial charge is 0.455 e. The second-order valence-electron chi connectivity index (χ2n) is 10.4. The Labute approximate surface area is 247 Å². The number of fused-ring (bicyclic) bond motifs is 4. The number of benzene rings is 6. The average Bonchev–Trinajstić information content (AvgIpc) is 3.68. The molecule has 0 saturated carbocycles. The Balaban J connectivity index is 1.19. The number of hydrogen-bond acceptors (Lipinski definition) is 5. The molecule has 0 aliphatic heterocycles. The van der Waals surface area contributed by atoms with Crippen molar-refractivity contribution in [3.63, 3.8) is 0 Å². The summed E-state index contributed by atoms with van der Waals surface area (Å²) in [7, 11) is 0. The molecular formula is C38H23N3O2. The Kier molecular flexibility index (Phi) is 5.77. The van der Waals surface area contributed by atoms with Crippen LogP contribution in [0, 0.1) is 11.3 Å². The monoisotopic (exact) mass is 553 g/mol. The molecule has 5 nitrogen and oxygen atoms in total. The van der Waals surface area contributed by atoms with Gasteiger partial charge < -0.3 is 13.7 Å². The molecule has 202 valence electrons. The van der Waals surface area contributed by atoms with Crippen molar-refractivity contribution in [1.82, 2.24) is 4.98 Å². The fraction of sp³-hybridized carbons (Fsp3) is 0. The third-order valence-corrected chi connectivity index (χ3v) is 7.76. The van der Waals surface area contributed by atoms with Crippen molar-refractivity contribution in [3.8, 4) is 28.7 Å². The quantitative estimate of drug-likeness (QED) is 0.212. The molecule has 43 heavy (non-hydrogen) atoms. The van der Waals surface area contributed by atoms with E-state index in [0.717, 1.165) is 66.8 Å². The number of anilines is 3. The van der Waals surface area contributed by atoms with Crippen molar-refractivity contribution < 1.29 is 8.83 Å². The first-order valence-corrected chi connectivity index (χ1v) is 14.0. The van der Waals surface area contributed by atoms with Gasteiger partial charge in [-0.1, -0.05) is 60.7 Å². The summed E-state index contributed by atoms with van der Waals surface area (Å²) in [6, 6.07) is 48.7. The molecular weight excluding hydrogens is 530 g/mol. The standard InChI is InChI=1S/C38H23N3O2/c39-24-25-12-18-28(19-13-25)41(30-22-16-27(17-23-30)38-40-34-9-2-4-11-36(34)43-38)29-20-14-26(15-21-29)31-7-5-8-33-32-6-1-3-10-35(32)42-37(31)33/h1-23H. The molecule has 0 aliphatic rings. The van der Waals surface area contributed by atoms with E-state index in [-0.39, 0.29) is 0 Å². The van der Waals surface area contributed by atoms with Gasteiger partial charge in [-0.25, -0.2) is 4.98 Å². The molecule has 0 radical (unpaired) electrons. The lowest BCUT2D eigenvalue weighted by atomic mass is 10.0. The zero-order chi connectivity index (χ0) is 28.8. The molecule has 0 unspecified atom stereocenters. The van der Waals surface area contributed by atoms with Gasteiger partial charge in [0, 0.05) is 39.0 Å². The first kappa shape index (κ1) is 24.7. The van der Waals surface area contributed by atoms with Crippen LogP contribution in [0.15, 0.2) is 148 Å². The minimum Gasteiger partial charge on any atom is -0.455 e. The highest BCUT2D eigenvalue weighted by atomic mass is 16.3. The molecule has 0 amide bonds. The van der Waals surface area contributed by atoms with Gasteiger partial charge in [-0.05, 0) is 84.4 Å². The Morgan fingerprint density at radius 3 is 1.84 bits per heavy atom. The van der Waals surface area contributed by atoms with E-state index in [2.05, 4.69) is 76.6 Å². The van der Waals surface area contributed by atoms with Gasteiger partial charge in [-0.3, -0.25) is 0 Å². The molecule has 0 bridgehead atoms. The van der Waals surface area contributed by atoms with Crippen LogP contribution < -0.4 is 4.90 Å². The molecule has 8 aromatic rings. The van der Waals surface area contributed by atoms with Crippen LogP contribution in [-0.4, -0.2) is 4.98 Å². The van der Waals surface area contributed by atoms with Crippen molar-refractivity contribution in [3.05, 3.63) is 145 Å². The average molecular weight is 554 g/mol. The van der Waals surface area contributed by atoms with Gasteiger partial charge in [0.05, 0.1) is 11.6 Å². The number of furan rings is 1. The topological polar surface area (TPSA) is 66.2 Å². The summed E-state index contributed by atoms with van der Waals surface area (Å²) in [5.74, 6) is 0.585. The summed E-state index contributed by atoms with van der Waals surface area (Å²) in [6.07, 6.45) is 0. The van der Waals surface area contributed by atoms with Gasteiger partial charge in [0.15, 0.2) is 5.58 Å². The van der Waals surface area contributed by atoms with Gasteiger partial charge in [0.1, 0.15) is 16.7 Å². The first-order valence-electron chi connectivity index (χ1n) is 14.0. The van der Waals surface area contributed by atoms with E-state index in [0.29, 0.717) is 11.5 Å². The number of nitriles is 1. The number of oxazole rings is 1. The number of aromatic nitrogens is 1. The first-order chi connectivity index (χ1) is 21.2. The Hall–Kier alpha value is -6.12. The van der Waals surface area contributed by atoms with Crippen LogP contribution >= 0.6 is 0 Å². The number of nitrogens with zero attached hydrogens (tertiary/aromatic N) is 3. The van der Waals surface area contributed by atoms with Crippen molar-refractivity contribution >= 4 is 50.1 Å². The second-order valence-corrected chi connectivity index (χ2v) is 10.4. The SMILES string of the molecule is N#Cc1ccc(N(c2ccc(-c3nc4ccccc4o3)cc2)c2ccc(-c3cccc4c3oc3ccccc34)cc2)cc1. The summed E-state index contributed by atoms with van der Waals surface area (Å²) in [4.78, 5) is 6.82. The fourth-order valence-corrected chi connectivity index (χ4v) is 5.65. The van der Waals surface area contributed by atoms with Gasteiger partial charge in [0.25, 0.3) is 0 Å². The lowest BCUT2D eigenvalue weighted by molar-refractivity contribution is 0.620. The van der Waals surface area contributed by atoms with Crippen LogP contribution in [0.3, 0.4) is 0 Å². The highest BCUT2D eigenvalue weighted by molar-refractivity contribution is 6.09. The van der Waals surface area contributed by atoms with E-state index in [1.54, 1.807) is 0 Å². The summed E-state index contributed by atoms with van der Waals surface area (Å²) < 4.78 is 12.3. The Morgan fingerprint density at radius 1 is 0.535 bits per heavy atom. The normalized spacial score (nSPS) is 11.2. The zero-order valence-electron chi connectivity index (χ0n) is 22.9. The summed E-state index contributed by atoms with van der Waals surface area (Å²) >= 11 is 0. The highest BCUT2D eigenvalue weighted by Crippen LogP contribution is 2.39. The third kappa shape index (κ3) is 4.30. The highest BCUT2D eigenvalue weighted by Gasteiger charge is 2.16. The molecule has 0 N–H and O–H groups in total. The molecule has 0 aliphatic carbocycles. The maximum Gasteiger partial charge on any atom is 0.227 e. The second kappa shape index (κ2) is 10.1. The van der Waals surface area contributed by atoms with Crippen LogP contribution in [0.4, 0.5) is 17.1 Å². The van der Waals surface area contributed by atoms with Gasteiger partial charge >= 0.3 is 0 Å². The smallest absolute Gasteiger partial charge is 0.227 e. The molecule has 0 fully saturated rings. The molecule has 0 saturated heterocycles. The van der Waals surface area contributed by atoms with Crippen molar-refractivity contribution in [2.75, 3.05) is 4.90 Å². The molecule has 6 aromatic carbocycles. The Morgan fingerprint density at radius 2 is 1.14 bits per heavy atom. The molecule has 2 aromatic heterocycles. The number of rotatable bonds is 5. The van der Waals surface area contributed by atoms with Crippen molar-refractivity contribution in [2.45, 2.75) is 0 Å². The predicted octanol–water partition coefficient (Wildman–Crippen LogP) is 10.4. The van der Waals surface area contributed by atoms with Gasteiger partial charge in [-0.2, -0.15) is 5.26 Å². The lowest BCUT2D eigenvalue weighted by Crippen LogP contribution is -2.09. The molecule has 0 atom stereocenters. The van der Waals surface area contributed by atoms with E-state index < -0.39 is 0 Å². The lowest BCUT2D eigenvalue weighted by Gasteiger charge is -2.26. The van der Waals surface area contributed by atoms with Gasteiger partial charge in [0.2, 0.25) is 5.89 Å². The summed E-state index contributed by atoms with van der Waals surface area (Å²) in [5, 5.41) is 11.6. The maximum absolute atomic E-state index is 9.37. The molecule has 5 heteroatoms. The minimum absolute atomic E-state index is 0.585. The van der Waals surface area contributed by atoms with E-state index in [1.165, 1.54) is 0 Å². The third-order valence-electron chi connectivity index (χ3n) is 7.76. The van der Waals surface area contributed by atoms with Crippen LogP contribution in [0.2, 0.25) is 0 Å². The molecule has 2 heterocycles. The molecule has 8 rings (SSSR count). The fourth-order valence-electron chi connectivity index (χ4n) is 5.65. The molecule has 0 spiro atoms. The van der Waals surface area contributed by atoms with E-state index in [4.69, 9.17) is 8.83 Å². The van der Waals surface area contributed by atoms with E-state index in [1.807, 2.05) is 78.9 Å². The Bertz CT molecular complexity index is 2260. The summed E-state index contributed by atoms with van der Waals surface area (Å²) in [6.45, 7) is 0. The van der Waals surface area contributed by atoms with Crippen LogP contribution in [0.5, 0.6) is 0 Å². The maximum atomic E-state index is 9.37. The number of para-hydroxylation sites is 4. The van der Waals surface area contributed by atoms with Crippen molar-refractivity contribution in [1.29, 1.82) is 5.26 Å². The minimum atomic E-state index is 0.585. The van der Waals surface area contributed by atoms with Crippen LogP contribution in [0.25, 0.3) is 55.6 Å².